The first-order chi connectivity index (χ1) is 8.81. The number of ether oxygens (including phenoxy) is 1. The summed E-state index contributed by atoms with van der Waals surface area (Å²) in [6, 6.07) is 0. The summed E-state index contributed by atoms with van der Waals surface area (Å²) >= 11 is 0. The van der Waals surface area contributed by atoms with Gasteiger partial charge >= 0.3 is 0 Å². The van der Waals surface area contributed by atoms with E-state index in [0.717, 1.165) is 6.61 Å². The van der Waals surface area contributed by atoms with Crippen molar-refractivity contribution in [1.29, 1.82) is 0 Å². The normalized spacial score (nSPS) is 38.5. The van der Waals surface area contributed by atoms with Crippen LogP contribution in [0.1, 0.15) is 0 Å². The first kappa shape index (κ1) is 16.7. The maximum atomic E-state index is 9.73. The Morgan fingerprint density at radius 3 is 2.05 bits per heavy atom. The summed E-state index contributed by atoms with van der Waals surface area (Å²) in [7, 11) is 0. The standard InChI is InChI=1S/C10H19O9/c11-1-3(12)5(14)7(16)9(18)10-8(17)6(15)4(13)2-19-10/h2-18H,1H2/t3-,4-,5+,6-,7+,8+,9+,10+/m1/s1. The molecule has 9 heteroatoms. The molecule has 0 saturated carbocycles. The zero-order chi connectivity index (χ0) is 14.7. The molecule has 1 radical (unpaired) electrons. The van der Waals surface area contributed by atoms with Crippen molar-refractivity contribution in [2.75, 3.05) is 6.61 Å². The molecule has 1 aliphatic rings. The van der Waals surface area contributed by atoms with Crippen molar-refractivity contribution in [3.8, 4) is 0 Å². The van der Waals surface area contributed by atoms with Crippen molar-refractivity contribution in [3.63, 3.8) is 0 Å². The van der Waals surface area contributed by atoms with E-state index in [1.165, 1.54) is 0 Å². The fourth-order valence-electron chi connectivity index (χ4n) is 1.74. The van der Waals surface area contributed by atoms with Crippen LogP contribution in [0.2, 0.25) is 0 Å². The lowest BCUT2D eigenvalue weighted by atomic mass is 9.91. The molecule has 0 amide bonds. The van der Waals surface area contributed by atoms with Crippen molar-refractivity contribution in [2.24, 2.45) is 0 Å². The van der Waals surface area contributed by atoms with Gasteiger partial charge in [-0.05, 0) is 0 Å². The van der Waals surface area contributed by atoms with Crippen molar-refractivity contribution < 1.29 is 45.6 Å². The molecule has 0 aromatic carbocycles. The number of aliphatic hydroxyl groups is 8. The average Bonchev–Trinajstić information content (AvgIpc) is 2.41. The molecule has 0 aliphatic carbocycles. The van der Waals surface area contributed by atoms with Crippen molar-refractivity contribution in [1.82, 2.24) is 0 Å². The quantitative estimate of drug-likeness (QED) is 0.246. The van der Waals surface area contributed by atoms with Crippen molar-refractivity contribution in [2.45, 2.75) is 48.8 Å². The van der Waals surface area contributed by atoms with Gasteiger partial charge in [0.1, 0.15) is 55.4 Å². The summed E-state index contributed by atoms with van der Waals surface area (Å²) in [4.78, 5) is 0. The molecular weight excluding hydrogens is 264 g/mol. The molecule has 113 valence electrons. The average molecular weight is 283 g/mol. The molecule has 0 spiro atoms. The number of hydrogen-bond donors (Lipinski definition) is 8. The van der Waals surface area contributed by atoms with Crippen molar-refractivity contribution in [3.05, 3.63) is 6.61 Å². The second kappa shape index (κ2) is 6.88. The summed E-state index contributed by atoms with van der Waals surface area (Å²) in [6.45, 7) is -0.0701. The van der Waals surface area contributed by atoms with Gasteiger partial charge in [0.15, 0.2) is 0 Å². The van der Waals surface area contributed by atoms with Crippen LogP contribution in [0.5, 0.6) is 0 Å². The van der Waals surface area contributed by atoms with E-state index in [1.54, 1.807) is 0 Å². The molecule has 0 aromatic heterocycles. The van der Waals surface area contributed by atoms with Crippen LogP contribution in [0.3, 0.4) is 0 Å². The molecule has 1 rings (SSSR count). The topological polar surface area (TPSA) is 171 Å². The van der Waals surface area contributed by atoms with E-state index in [0.29, 0.717) is 0 Å². The van der Waals surface area contributed by atoms with Gasteiger partial charge in [0.25, 0.3) is 0 Å². The van der Waals surface area contributed by atoms with Crippen LogP contribution < -0.4 is 0 Å². The fraction of sp³-hybridized carbons (Fsp3) is 0.900. The molecule has 0 unspecified atom stereocenters. The molecule has 1 saturated heterocycles. The molecule has 19 heavy (non-hydrogen) atoms. The SMILES string of the molecule is OC[C@@H](O)[C@H](O)[C@H](O)[C@H](O)[C@H]1O[CH][C@@H](O)[C@@H](O)[C@@H]1O. The molecular formula is C10H19O9. The van der Waals surface area contributed by atoms with E-state index < -0.39 is 55.4 Å². The molecule has 8 N–H and O–H groups in total. The maximum absolute atomic E-state index is 9.73. The van der Waals surface area contributed by atoms with E-state index in [2.05, 4.69) is 0 Å². The molecule has 1 aliphatic heterocycles. The van der Waals surface area contributed by atoms with Gasteiger partial charge in [0.2, 0.25) is 0 Å². The van der Waals surface area contributed by atoms with E-state index >= 15 is 0 Å². The van der Waals surface area contributed by atoms with E-state index in [-0.39, 0.29) is 0 Å². The van der Waals surface area contributed by atoms with Gasteiger partial charge in [0, 0.05) is 0 Å². The van der Waals surface area contributed by atoms with Crippen LogP contribution >= 0.6 is 0 Å². The first-order valence-corrected chi connectivity index (χ1v) is 5.67. The van der Waals surface area contributed by atoms with Crippen LogP contribution in [0.15, 0.2) is 0 Å². The molecule has 1 fully saturated rings. The summed E-state index contributed by atoms with van der Waals surface area (Å²) < 4.78 is 4.77. The lowest BCUT2D eigenvalue weighted by Crippen LogP contribution is -2.60. The minimum atomic E-state index is -1.93. The Kier molecular flexibility index (Phi) is 6.05. The predicted octanol–water partition coefficient (Wildman–Crippen LogP) is -4.93. The highest BCUT2D eigenvalue weighted by Crippen LogP contribution is 2.23. The van der Waals surface area contributed by atoms with Crippen LogP contribution in [0, 0.1) is 6.61 Å². The zero-order valence-corrected chi connectivity index (χ0v) is 9.89. The van der Waals surface area contributed by atoms with Crippen LogP contribution in [0.25, 0.3) is 0 Å². The van der Waals surface area contributed by atoms with Gasteiger partial charge < -0.3 is 45.6 Å². The Bertz CT molecular complexity index is 276. The van der Waals surface area contributed by atoms with Gasteiger partial charge in [-0.25, -0.2) is 0 Å². The summed E-state index contributed by atoms with van der Waals surface area (Å²) in [5, 5.41) is 74.6. The Morgan fingerprint density at radius 1 is 0.947 bits per heavy atom. The van der Waals surface area contributed by atoms with Crippen LogP contribution in [-0.2, 0) is 4.74 Å². The maximum Gasteiger partial charge on any atom is 0.115 e. The smallest absolute Gasteiger partial charge is 0.115 e. The second-order valence-electron chi connectivity index (χ2n) is 4.43. The van der Waals surface area contributed by atoms with Crippen LogP contribution in [-0.4, -0.2) is 96.3 Å². The summed E-state index contributed by atoms with van der Waals surface area (Å²) in [5.41, 5.74) is 0. The third-order valence-corrected chi connectivity index (χ3v) is 3.03. The second-order valence-corrected chi connectivity index (χ2v) is 4.43. The molecule has 0 bridgehead atoms. The molecule has 0 aromatic rings. The van der Waals surface area contributed by atoms with E-state index in [1.807, 2.05) is 0 Å². The number of aliphatic hydroxyl groups excluding tert-OH is 8. The lowest BCUT2D eigenvalue weighted by molar-refractivity contribution is -0.214. The highest BCUT2D eigenvalue weighted by Gasteiger charge is 2.45. The zero-order valence-electron chi connectivity index (χ0n) is 9.89. The molecule has 8 atom stereocenters. The number of hydrogen-bond acceptors (Lipinski definition) is 9. The van der Waals surface area contributed by atoms with Gasteiger partial charge in [-0.1, -0.05) is 0 Å². The van der Waals surface area contributed by atoms with Gasteiger partial charge in [-0.3, -0.25) is 0 Å². The predicted molar refractivity (Wildman–Crippen MR) is 58.3 cm³/mol. The third-order valence-electron chi connectivity index (χ3n) is 3.03. The Hall–Kier alpha value is -0.360. The fourth-order valence-corrected chi connectivity index (χ4v) is 1.74. The molecule has 9 nitrogen and oxygen atoms in total. The minimum Gasteiger partial charge on any atom is -0.394 e. The Labute approximate surface area is 108 Å². The highest BCUT2D eigenvalue weighted by atomic mass is 16.5. The van der Waals surface area contributed by atoms with Crippen molar-refractivity contribution >= 4 is 0 Å². The van der Waals surface area contributed by atoms with Gasteiger partial charge in [-0.2, -0.15) is 0 Å². The minimum absolute atomic E-state index is 0.771. The third kappa shape index (κ3) is 3.60. The number of rotatable bonds is 5. The van der Waals surface area contributed by atoms with Gasteiger partial charge in [-0.15, -0.1) is 0 Å². The van der Waals surface area contributed by atoms with Gasteiger partial charge in [0.05, 0.1) is 6.61 Å². The highest BCUT2D eigenvalue weighted by molar-refractivity contribution is 4.97. The van der Waals surface area contributed by atoms with Crippen LogP contribution in [0.4, 0.5) is 0 Å². The molecule has 1 heterocycles. The monoisotopic (exact) mass is 283 g/mol. The lowest BCUT2D eigenvalue weighted by Gasteiger charge is -2.39. The first-order valence-electron chi connectivity index (χ1n) is 5.67. The van der Waals surface area contributed by atoms with E-state index in [4.69, 9.17) is 20.1 Å². The summed E-state index contributed by atoms with van der Waals surface area (Å²) in [6.07, 6.45) is -13.6. The summed E-state index contributed by atoms with van der Waals surface area (Å²) in [5.74, 6) is 0. The van der Waals surface area contributed by atoms with E-state index in [9.17, 15) is 25.5 Å². The Balaban J connectivity index is 2.68. The largest absolute Gasteiger partial charge is 0.394 e. The Morgan fingerprint density at radius 2 is 1.53 bits per heavy atom.